The van der Waals surface area contributed by atoms with Gasteiger partial charge in [-0.3, -0.25) is 4.90 Å². The Kier molecular flexibility index (Phi) is 5.74. The molecule has 0 bridgehead atoms. The molecule has 0 unspecified atom stereocenters. The topological polar surface area (TPSA) is 67.7 Å². The molecule has 1 aliphatic heterocycles. The minimum Gasteiger partial charge on any atom is -0.481 e. The number of hydrogen-bond acceptors (Lipinski definition) is 6. The lowest BCUT2D eigenvalue weighted by Gasteiger charge is -2.30. The van der Waals surface area contributed by atoms with Gasteiger partial charge in [-0.25, -0.2) is 9.97 Å². The highest BCUT2D eigenvalue weighted by molar-refractivity contribution is 5.31. The van der Waals surface area contributed by atoms with Crippen LogP contribution in [0.5, 0.6) is 5.88 Å². The number of aromatic nitrogens is 2. The number of methoxy groups -OCH3 is 1. The second-order valence-electron chi connectivity index (χ2n) is 5.95. The van der Waals surface area contributed by atoms with Gasteiger partial charge in [-0.05, 0) is 5.56 Å². The number of aliphatic hydroxyl groups is 1. The summed E-state index contributed by atoms with van der Waals surface area (Å²) in [5.41, 5.74) is 3.16. The van der Waals surface area contributed by atoms with Crippen molar-refractivity contribution < 1.29 is 14.6 Å². The zero-order chi connectivity index (χ0) is 16.8. The Morgan fingerprint density at radius 2 is 2.08 bits per heavy atom. The first-order valence-corrected chi connectivity index (χ1v) is 8.15. The number of benzene rings is 1. The standard InChI is InChI=1S/C18H23N3O3/c1-23-18-16-10-21(8-7-17(16)19-13-20-18)9-15(22)12-24-11-14-5-3-2-4-6-14/h2-6,13,15,22H,7-12H2,1H3/t15-/m0/s1. The van der Waals surface area contributed by atoms with Crippen molar-refractivity contribution in [2.24, 2.45) is 0 Å². The molecule has 1 N–H and O–H groups in total. The van der Waals surface area contributed by atoms with E-state index in [2.05, 4.69) is 14.9 Å². The number of nitrogens with zero attached hydrogens (tertiary/aromatic N) is 3. The van der Waals surface area contributed by atoms with E-state index in [-0.39, 0.29) is 0 Å². The molecule has 0 fully saturated rings. The molecule has 1 atom stereocenters. The second kappa shape index (κ2) is 8.19. The summed E-state index contributed by atoms with van der Waals surface area (Å²) in [6.07, 6.45) is 1.86. The van der Waals surface area contributed by atoms with Crippen molar-refractivity contribution in [3.8, 4) is 5.88 Å². The van der Waals surface area contributed by atoms with Crippen LogP contribution in [0.25, 0.3) is 0 Å². The van der Waals surface area contributed by atoms with E-state index in [0.717, 1.165) is 29.8 Å². The Morgan fingerprint density at radius 1 is 1.25 bits per heavy atom. The molecule has 1 aromatic heterocycles. The van der Waals surface area contributed by atoms with E-state index in [1.165, 1.54) is 0 Å². The molecule has 0 spiro atoms. The molecule has 0 saturated heterocycles. The van der Waals surface area contributed by atoms with Gasteiger partial charge in [-0.1, -0.05) is 30.3 Å². The van der Waals surface area contributed by atoms with Gasteiger partial charge in [0.2, 0.25) is 5.88 Å². The highest BCUT2D eigenvalue weighted by Crippen LogP contribution is 2.24. The van der Waals surface area contributed by atoms with Crippen LogP contribution >= 0.6 is 0 Å². The Hall–Kier alpha value is -2.02. The van der Waals surface area contributed by atoms with E-state index >= 15 is 0 Å². The third-order valence-electron chi connectivity index (χ3n) is 4.13. The maximum Gasteiger partial charge on any atom is 0.220 e. The smallest absolute Gasteiger partial charge is 0.220 e. The van der Waals surface area contributed by atoms with Gasteiger partial charge in [0.05, 0.1) is 32.1 Å². The fourth-order valence-electron chi connectivity index (χ4n) is 2.94. The van der Waals surface area contributed by atoms with E-state index in [9.17, 15) is 5.11 Å². The fraction of sp³-hybridized carbons (Fsp3) is 0.444. The van der Waals surface area contributed by atoms with Gasteiger partial charge >= 0.3 is 0 Å². The first kappa shape index (κ1) is 16.8. The summed E-state index contributed by atoms with van der Waals surface area (Å²) in [5, 5.41) is 10.2. The molecule has 1 aliphatic rings. The summed E-state index contributed by atoms with van der Waals surface area (Å²) in [7, 11) is 1.62. The molecule has 0 aliphatic carbocycles. The van der Waals surface area contributed by atoms with Gasteiger partial charge in [0.15, 0.2) is 0 Å². The van der Waals surface area contributed by atoms with Gasteiger partial charge in [-0.15, -0.1) is 0 Å². The lowest BCUT2D eigenvalue weighted by atomic mass is 10.1. The summed E-state index contributed by atoms with van der Waals surface area (Å²) in [6, 6.07) is 9.97. The first-order valence-electron chi connectivity index (χ1n) is 8.15. The molecule has 2 heterocycles. The lowest BCUT2D eigenvalue weighted by molar-refractivity contribution is 0.00746. The molecule has 0 radical (unpaired) electrons. The van der Waals surface area contributed by atoms with Crippen LogP contribution < -0.4 is 4.74 Å². The molecule has 24 heavy (non-hydrogen) atoms. The zero-order valence-corrected chi connectivity index (χ0v) is 13.9. The molecular formula is C18H23N3O3. The highest BCUT2D eigenvalue weighted by atomic mass is 16.5. The van der Waals surface area contributed by atoms with Crippen molar-refractivity contribution in [3.05, 3.63) is 53.5 Å². The van der Waals surface area contributed by atoms with Crippen LogP contribution in [-0.2, 0) is 24.3 Å². The van der Waals surface area contributed by atoms with E-state index < -0.39 is 6.10 Å². The van der Waals surface area contributed by atoms with Crippen LogP contribution in [0.4, 0.5) is 0 Å². The monoisotopic (exact) mass is 329 g/mol. The molecule has 0 saturated carbocycles. The average molecular weight is 329 g/mol. The van der Waals surface area contributed by atoms with Crippen molar-refractivity contribution in [1.29, 1.82) is 0 Å². The van der Waals surface area contributed by atoms with Crippen molar-refractivity contribution in [2.45, 2.75) is 25.7 Å². The van der Waals surface area contributed by atoms with Crippen LogP contribution in [0.3, 0.4) is 0 Å². The van der Waals surface area contributed by atoms with Crippen LogP contribution in [0.15, 0.2) is 36.7 Å². The lowest BCUT2D eigenvalue weighted by Crippen LogP contribution is -2.38. The molecule has 2 aromatic rings. The predicted octanol–water partition coefficient (Wildman–Crippen LogP) is 1.42. The minimum absolute atomic E-state index is 0.320. The SMILES string of the molecule is COc1ncnc2c1CN(C[C@H](O)COCc1ccccc1)CC2. The summed E-state index contributed by atoms with van der Waals surface area (Å²) in [5.74, 6) is 0.625. The summed E-state index contributed by atoms with van der Waals surface area (Å²) >= 11 is 0. The Labute approximate surface area is 142 Å². The van der Waals surface area contributed by atoms with Crippen molar-refractivity contribution in [1.82, 2.24) is 14.9 Å². The number of aliphatic hydroxyl groups excluding tert-OH is 1. The molecule has 1 aromatic carbocycles. The van der Waals surface area contributed by atoms with Crippen LogP contribution in [0, 0.1) is 0 Å². The number of β-amino-alcohol motifs (C(OH)–C–C–N with tert-alkyl or cyclic N) is 1. The maximum absolute atomic E-state index is 10.2. The van der Waals surface area contributed by atoms with Gasteiger partial charge in [0.25, 0.3) is 0 Å². The molecule has 0 amide bonds. The molecule has 3 rings (SSSR count). The van der Waals surface area contributed by atoms with Crippen molar-refractivity contribution in [3.63, 3.8) is 0 Å². The van der Waals surface area contributed by atoms with Crippen LogP contribution in [0.1, 0.15) is 16.8 Å². The van der Waals surface area contributed by atoms with E-state index in [0.29, 0.717) is 32.2 Å². The summed E-state index contributed by atoms with van der Waals surface area (Å²) in [4.78, 5) is 10.7. The Morgan fingerprint density at radius 3 is 2.88 bits per heavy atom. The van der Waals surface area contributed by atoms with Gasteiger partial charge in [0, 0.05) is 31.6 Å². The average Bonchev–Trinajstić information content (AvgIpc) is 2.62. The maximum atomic E-state index is 10.2. The molecule has 128 valence electrons. The van der Waals surface area contributed by atoms with E-state index in [4.69, 9.17) is 9.47 Å². The number of rotatable bonds is 7. The molecule has 6 nitrogen and oxygen atoms in total. The fourth-order valence-corrected chi connectivity index (χ4v) is 2.94. The number of fused-ring (bicyclic) bond motifs is 1. The normalized spacial score (nSPS) is 15.8. The third kappa shape index (κ3) is 4.29. The molecule has 6 heteroatoms. The van der Waals surface area contributed by atoms with Gasteiger partial charge in [0.1, 0.15) is 6.33 Å². The van der Waals surface area contributed by atoms with Crippen molar-refractivity contribution in [2.75, 3.05) is 26.8 Å². The zero-order valence-electron chi connectivity index (χ0n) is 13.9. The van der Waals surface area contributed by atoms with Crippen molar-refractivity contribution >= 4 is 0 Å². The largest absolute Gasteiger partial charge is 0.481 e. The summed E-state index contributed by atoms with van der Waals surface area (Å²) < 4.78 is 10.9. The molecular weight excluding hydrogens is 306 g/mol. The second-order valence-corrected chi connectivity index (χ2v) is 5.95. The minimum atomic E-state index is -0.522. The summed E-state index contributed by atoms with van der Waals surface area (Å²) in [6.45, 7) is 2.95. The van der Waals surface area contributed by atoms with Crippen LogP contribution in [-0.4, -0.2) is 52.9 Å². The predicted molar refractivity (Wildman–Crippen MR) is 89.7 cm³/mol. The van der Waals surface area contributed by atoms with Crippen LogP contribution in [0.2, 0.25) is 0 Å². The Balaban J connectivity index is 1.48. The Bertz CT molecular complexity index is 637. The number of ether oxygens (including phenoxy) is 2. The highest BCUT2D eigenvalue weighted by Gasteiger charge is 2.23. The quantitative estimate of drug-likeness (QED) is 0.829. The van der Waals surface area contributed by atoms with E-state index in [1.54, 1.807) is 13.4 Å². The van der Waals surface area contributed by atoms with E-state index in [1.807, 2.05) is 30.3 Å². The van der Waals surface area contributed by atoms with Gasteiger partial charge < -0.3 is 14.6 Å². The number of hydrogen-bond donors (Lipinski definition) is 1. The van der Waals surface area contributed by atoms with Gasteiger partial charge in [-0.2, -0.15) is 0 Å². The first-order chi connectivity index (χ1) is 11.8. The third-order valence-corrected chi connectivity index (χ3v) is 4.13.